The molecular formula is C13H24O7. The standard InChI is InChI=1S/C13H24O7/c1-2-3-4-5-8(15)6-13(19)12(18)11(17)10(16)9(7-14)20-13/h9-12,14,16-19H,2-7H2,1H3/t9-,10-,11+,12-,13+/m1/s1. The first kappa shape index (κ1) is 17.5. The van der Waals surface area contributed by atoms with Crippen molar-refractivity contribution in [1.82, 2.24) is 0 Å². The van der Waals surface area contributed by atoms with E-state index in [0.29, 0.717) is 6.42 Å². The fourth-order valence-corrected chi connectivity index (χ4v) is 2.31. The Morgan fingerprint density at radius 1 is 1.20 bits per heavy atom. The second kappa shape index (κ2) is 7.44. The largest absolute Gasteiger partial charge is 0.394 e. The van der Waals surface area contributed by atoms with Gasteiger partial charge in [0.05, 0.1) is 13.0 Å². The van der Waals surface area contributed by atoms with Crippen LogP contribution in [0.2, 0.25) is 0 Å². The number of ketones is 1. The predicted molar refractivity (Wildman–Crippen MR) is 68.7 cm³/mol. The maximum absolute atomic E-state index is 11.8. The number of carbonyl (C=O) groups is 1. The van der Waals surface area contributed by atoms with Crippen molar-refractivity contribution >= 4 is 5.78 Å². The Hall–Kier alpha value is -0.570. The summed E-state index contributed by atoms with van der Waals surface area (Å²) >= 11 is 0. The quantitative estimate of drug-likeness (QED) is 0.369. The summed E-state index contributed by atoms with van der Waals surface area (Å²) in [4.78, 5) is 11.8. The molecule has 0 saturated carbocycles. The van der Waals surface area contributed by atoms with Crippen LogP contribution in [0.1, 0.15) is 39.0 Å². The highest BCUT2D eigenvalue weighted by molar-refractivity contribution is 5.79. The fraction of sp³-hybridized carbons (Fsp3) is 0.923. The number of aliphatic hydroxyl groups is 5. The van der Waals surface area contributed by atoms with Crippen molar-refractivity contribution in [3.63, 3.8) is 0 Å². The number of aliphatic hydroxyl groups excluding tert-OH is 4. The van der Waals surface area contributed by atoms with Crippen LogP contribution in [0, 0.1) is 0 Å². The number of unbranched alkanes of at least 4 members (excludes halogenated alkanes) is 2. The van der Waals surface area contributed by atoms with E-state index in [1.165, 1.54) is 0 Å². The third kappa shape index (κ3) is 3.97. The van der Waals surface area contributed by atoms with Crippen molar-refractivity contribution < 1.29 is 35.1 Å². The summed E-state index contributed by atoms with van der Waals surface area (Å²) in [6.07, 6.45) is -4.00. The highest BCUT2D eigenvalue weighted by atomic mass is 16.7. The lowest BCUT2D eigenvalue weighted by atomic mass is 9.89. The van der Waals surface area contributed by atoms with Gasteiger partial charge in [-0.3, -0.25) is 4.79 Å². The third-order valence-corrected chi connectivity index (χ3v) is 3.56. The van der Waals surface area contributed by atoms with E-state index in [1.54, 1.807) is 0 Å². The van der Waals surface area contributed by atoms with E-state index in [-0.39, 0.29) is 12.2 Å². The highest BCUT2D eigenvalue weighted by Crippen LogP contribution is 2.31. The number of hydrogen-bond acceptors (Lipinski definition) is 7. The minimum atomic E-state index is -2.28. The molecule has 0 aromatic carbocycles. The summed E-state index contributed by atoms with van der Waals surface area (Å²) in [5.41, 5.74) is 0. The Balaban J connectivity index is 2.67. The number of Topliss-reactive ketones (excluding diaryl/α,β-unsaturated/α-hetero) is 1. The molecule has 0 unspecified atom stereocenters. The van der Waals surface area contributed by atoms with Gasteiger partial charge in [-0.05, 0) is 6.42 Å². The van der Waals surface area contributed by atoms with Crippen LogP contribution in [0.4, 0.5) is 0 Å². The Morgan fingerprint density at radius 3 is 2.40 bits per heavy atom. The van der Waals surface area contributed by atoms with E-state index in [9.17, 15) is 25.2 Å². The summed E-state index contributed by atoms with van der Waals surface area (Å²) in [6, 6.07) is 0. The van der Waals surface area contributed by atoms with Crippen LogP contribution in [-0.4, -0.2) is 68.1 Å². The topological polar surface area (TPSA) is 127 Å². The van der Waals surface area contributed by atoms with Gasteiger partial charge in [0.1, 0.15) is 30.2 Å². The Kier molecular flexibility index (Phi) is 6.50. The lowest BCUT2D eigenvalue weighted by Gasteiger charge is -2.45. The summed E-state index contributed by atoms with van der Waals surface area (Å²) in [6.45, 7) is 1.35. The smallest absolute Gasteiger partial charge is 0.202 e. The monoisotopic (exact) mass is 292 g/mol. The average Bonchev–Trinajstić information content (AvgIpc) is 2.41. The first-order valence-corrected chi connectivity index (χ1v) is 6.92. The molecule has 1 fully saturated rings. The van der Waals surface area contributed by atoms with Crippen molar-refractivity contribution in [3.05, 3.63) is 0 Å². The molecule has 1 aliphatic rings. The molecular weight excluding hydrogens is 268 g/mol. The van der Waals surface area contributed by atoms with Crippen LogP contribution < -0.4 is 0 Å². The molecule has 20 heavy (non-hydrogen) atoms. The van der Waals surface area contributed by atoms with E-state index in [0.717, 1.165) is 12.8 Å². The SMILES string of the molecule is CCCCCC(=O)C[C@]1(O)O[C@H](CO)[C@@H](O)[C@H](O)[C@H]1O. The maximum Gasteiger partial charge on any atom is 0.202 e. The molecule has 118 valence electrons. The van der Waals surface area contributed by atoms with Crippen LogP contribution in [-0.2, 0) is 9.53 Å². The van der Waals surface area contributed by atoms with E-state index in [2.05, 4.69) is 0 Å². The molecule has 0 spiro atoms. The zero-order valence-electron chi connectivity index (χ0n) is 11.6. The van der Waals surface area contributed by atoms with Crippen LogP contribution in [0.3, 0.4) is 0 Å². The number of rotatable bonds is 7. The average molecular weight is 292 g/mol. The molecule has 0 aliphatic carbocycles. The minimum absolute atomic E-state index is 0.245. The van der Waals surface area contributed by atoms with Gasteiger partial charge in [-0.25, -0.2) is 0 Å². The van der Waals surface area contributed by atoms with E-state index < -0.39 is 43.2 Å². The van der Waals surface area contributed by atoms with E-state index in [4.69, 9.17) is 9.84 Å². The Morgan fingerprint density at radius 2 is 1.85 bits per heavy atom. The lowest BCUT2D eigenvalue weighted by Crippen LogP contribution is -2.65. The second-order valence-electron chi connectivity index (χ2n) is 5.28. The summed E-state index contributed by atoms with van der Waals surface area (Å²) in [7, 11) is 0. The van der Waals surface area contributed by atoms with E-state index >= 15 is 0 Å². The predicted octanol–water partition coefficient (Wildman–Crippen LogP) is -1.31. The highest BCUT2D eigenvalue weighted by Gasteiger charge is 2.53. The summed E-state index contributed by atoms with van der Waals surface area (Å²) in [5, 5.41) is 48.2. The molecule has 0 aromatic heterocycles. The van der Waals surface area contributed by atoms with Gasteiger partial charge in [-0.2, -0.15) is 0 Å². The normalized spacial score (nSPS) is 37.9. The molecule has 0 radical (unpaired) electrons. The second-order valence-corrected chi connectivity index (χ2v) is 5.28. The molecule has 0 bridgehead atoms. The Labute approximate surface area is 117 Å². The zero-order valence-corrected chi connectivity index (χ0v) is 11.6. The van der Waals surface area contributed by atoms with E-state index in [1.807, 2.05) is 6.92 Å². The molecule has 0 aromatic rings. The molecule has 1 heterocycles. The van der Waals surface area contributed by atoms with Gasteiger partial charge in [-0.15, -0.1) is 0 Å². The summed E-state index contributed by atoms with van der Waals surface area (Å²) in [5.74, 6) is -2.59. The molecule has 5 atom stereocenters. The van der Waals surface area contributed by atoms with Crippen LogP contribution in [0.15, 0.2) is 0 Å². The molecule has 1 aliphatic heterocycles. The molecule has 0 amide bonds. The Bertz CT molecular complexity index is 320. The first-order chi connectivity index (χ1) is 9.35. The van der Waals surface area contributed by atoms with Gasteiger partial charge in [0.25, 0.3) is 0 Å². The van der Waals surface area contributed by atoms with Crippen LogP contribution in [0.25, 0.3) is 0 Å². The number of ether oxygens (including phenoxy) is 1. The van der Waals surface area contributed by atoms with Gasteiger partial charge in [0.15, 0.2) is 0 Å². The third-order valence-electron chi connectivity index (χ3n) is 3.56. The molecule has 7 nitrogen and oxygen atoms in total. The lowest BCUT2D eigenvalue weighted by molar-refractivity contribution is -0.347. The minimum Gasteiger partial charge on any atom is -0.394 e. The van der Waals surface area contributed by atoms with Crippen molar-refractivity contribution in [3.8, 4) is 0 Å². The zero-order chi connectivity index (χ0) is 15.3. The van der Waals surface area contributed by atoms with Crippen LogP contribution in [0.5, 0.6) is 0 Å². The van der Waals surface area contributed by atoms with Crippen molar-refractivity contribution in [2.75, 3.05) is 6.61 Å². The molecule has 1 saturated heterocycles. The first-order valence-electron chi connectivity index (χ1n) is 6.92. The van der Waals surface area contributed by atoms with Crippen molar-refractivity contribution in [1.29, 1.82) is 0 Å². The van der Waals surface area contributed by atoms with Gasteiger partial charge < -0.3 is 30.3 Å². The van der Waals surface area contributed by atoms with Gasteiger partial charge in [0.2, 0.25) is 5.79 Å². The molecule has 5 N–H and O–H groups in total. The van der Waals surface area contributed by atoms with Crippen LogP contribution >= 0.6 is 0 Å². The van der Waals surface area contributed by atoms with Gasteiger partial charge >= 0.3 is 0 Å². The summed E-state index contributed by atoms with van der Waals surface area (Å²) < 4.78 is 5.02. The van der Waals surface area contributed by atoms with Crippen molar-refractivity contribution in [2.45, 2.75) is 69.2 Å². The number of carbonyl (C=O) groups excluding carboxylic acids is 1. The molecule has 1 rings (SSSR count). The van der Waals surface area contributed by atoms with Crippen molar-refractivity contribution in [2.24, 2.45) is 0 Å². The maximum atomic E-state index is 11.8. The molecule has 7 heteroatoms. The van der Waals surface area contributed by atoms with Gasteiger partial charge in [-0.1, -0.05) is 19.8 Å². The fourth-order valence-electron chi connectivity index (χ4n) is 2.31. The van der Waals surface area contributed by atoms with Gasteiger partial charge in [0, 0.05) is 6.42 Å². The number of hydrogen-bond donors (Lipinski definition) is 5.